The summed E-state index contributed by atoms with van der Waals surface area (Å²) in [4.78, 5) is 11.4. The van der Waals surface area contributed by atoms with Crippen molar-refractivity contribution < 1.29 is 5.11 Å². The molecule has 1 aliphatic heterocycles. The second-order valence-electron chi connectivity index (χ2n) is 7.05. The third kappa shape index (κ3) is 1.87. The van der Waals surface area contributed by atoms with Crippen molar-refractivity contribution in [3.8, 4) is 0 Å². The predicted octanol–water partition coefficient (Wildman–Crippen LogP) is 3.27. The largest absolute Gasteiger partial charge is 0.392 e. The van der Waals surface area contributed by atoms with E-state index in [0.717, 1.165) is 30.6 Å². The van der Waals surface area contributed by atoms with Gasteiger partial charge in [-0.3, -0.25) is 0 Å². The summed E-state index contributed by atoms with van der Waals surface area (Å²) in [5, 5.41) is 11.9. The van der Waals surface area contributed by atoms with Crippen LogP contribution in [0.1, 0.15) is 26.7 Å². The standard InChI is InChI=1S/C17H20ClN3O/c1-17(2)14-11(15(17)22)6-4-8-21(14)13-9-12(18)10-5-3-7-19-16(10)20-13/h3,5,7,9,11,14-15,22H,4,6,8H2,1-2H3/t11-,14+,15-/m0/s1. The van der Waals surface area contributed by atoms with Gasteiger partial charge in [0.25, 0.3) is 0 Å². The molecule has 0 spiro atoms. The lowest BCUT2D eigenvalue weighted by molar-refractivity contribution is -0.132. The molecule has 2 aliphatic rings. The average molecular weight is 318 g/mol. The molecule has 0 amide bonds. The first-order chi connectivity index (χ1) is 10.5. The number of pyridine rings is 2. The number of anilines is 1. The summed E-state index contributed by atoms with van der Waals surface area (Å²) in [6.07, 6.45) is 3.68. The van der Waals surface area contributed by atoms with E-state index in [4.69, 9.17) is 16.6 Å². The van der Waals surface area contributed by atoms with E-state index >= 15 is 0 Å². The van der Waals surface area contributed by atoms with E-state index in [1.807, 2.05) is 18.2 Å². The van der Waals surface area contributed by atoms with Crippen molar-refractivity contribution in [2.45, 2.75) is 38.8 Å². The van der Waals surface area contributed by atoms with Crippen LogP contribution in [0.5, 0.6) is 0 Å². The third-order valence-corrected chi connectivity index (χ3v) is 5.74. The van der Waals surface area contributed by atoms with Crippen molar-refractivity contribution >= 4 is 28.5 Å². The van der Waals surface area contributed by atoms with E-state index in [1.165, 1.54) is 0 Å². The van der Waals surface area contributed by atoms with Crippen molar-refractivity contribution in [1.29, 1.82) is 0 Å². The number of aliphatic hydroxyl groups is 1. The molecule has 0 bridgehead atoms. The lowest BCUT2D eigenvalue weighted by atomic mass is 9.54. The zero-order valence-corrected chi connectivity index (χ0v) is 13.6. The molecule has 0 unspecified atom stereocenters. The van der Waals surface area contributed by atoms with Crippen LogP contribution in [0.3, 0.4) is 0 Å². The SMILES string of the molecule is CC1(C)[C@@H](O)[C@H]2CCCN(c3cc(Cl)c4cccnc4n3)[C@H]21. The molecule has 3 heterocycles. The van der Waals surface area contributed by atoms with Gasteiger partial charge in [-0.15, -0.1) is 0 Å². The molecule has 5 heteroatoms. The molecule has 0 aromatic carbocycles. The van der Waals surface area contributed by atoms with Crippen LogP contribution in [-0.4, -0.2) is 33.8 Å². The molecular weight excluding hydrogens is 298 g/mol. The second kappa shape index (κ2) is 4.80. The van der Waals surface area contributed by atoms with Crippen molar-refractivity contribution in [1.82, 2.24) is 9.97 Å². The van der Waals surface area contributed by atoms with Gasteiger partial charge in [0.05, 0.1) is 11.1 Å². The number of rotatable bonds is 1. The number of halogens is 1. The molecule has 3 atom stereocenters. The van der Waals surface area contributed by atoms with Gasteiger partial charge >= 0.3 is 0 Å². The molecule has 4 rings (SSSR count). The molecule has 2 fully saturated rings. The van der Waals surface area contributed by atoms with E-state index < -0.39 is 0 Å². The number of aromatic nitrogens is 2. The number of fused-ring (bicyclic) bond motifs is 2. The normalized spacial score (nSPS) is 30.0. The van der Waals surface area contributed by atoms with Crippen LogP contribution in [0.25, 0.3) is 11.0 Å². The minimum atomic E-state index is -0.227. The topological polar surface area (TPSA) is 49.2 Å². The first kappa shape index (κ1) is 14.2. The first-order valence-electron chi connectivity index (χ1n) is 7.86. The summed E-state index contributed by atoms with van der Waals surface area (Å²) in [5.74, 6) is 1.22. The van der Waals surface area contributed by atoms with Crippen LogP contribution in [0.4, 0.5) is 5.82 Å². The highest BCUT2D eigenvalue weighted by Crippen LogP contribution is 2.53. The molecular formula is C17H20ClN3O. The first-order valence-corrected chi connectivity index (χ1v) is 8.24. The molecule has 116 valence electrons. The highest BCUT2D eigenvalue weighted by atomic mass is 35.5. The van der Waals surface area contributed by atoms with Gasteiger partial charge in [-0.05, 0) is 25.0 Å². The Labute approximate surface area is 135 Å². The summed E-state index contributed by atoms with van der Waals surface area (Å²) >= 11 is 6.43. The Kier molecular flexibility index (Phi) is 3.10. The van der Waals surface area contributed by atoms with Gasteiger partial charge in [0, 0.05) is 41.6 Å². The zero-order valence-electron chi connectivity index (χ0n) is 12.8. The highest BCUT2D eigenvalue weighted by molar-refractivity contribution is 6.35. The maximum atomic E-state index is 10.4. The van der Waals surface area contributed by atoms with Gasteiger partial charge in [0.1, 0.15) is 5.82 Å². The number of aliphatic hydroxyl groups excluding tert-OH is 1. The molecule has 0 radical (unpaired) electrons. The number of nitrogens with zero attached hydrogens (tertiary/aromatic N) is 3. The quantitative estimate of drug-likeness (QED) is 0.877. The fourth-order valence-corrected chi connectivity index (χ4v) is 4.57. The second-order valence-corrected chi connectivity index (χ2v) is 7.45. The Morgan fingerprint density at radius 3 is 3.05 bits per heavy atom. The molecule has 2 aromatic rings. The molecule has 1 saturated carbocycles. The van der Waals surface area contributed by atoms with E-state index in [1.54, 1.807) is 6.20 Å². The van der Waals surface area contributed by atoms with E-state index in [9.17, 15) is 5.11 Å². The van der Waals surface area contributed by atoms with E-state index in [0.29, 0.717) is 22.6 Å². The zero-order chi connectivity index (χ0) is 15.5. The lowest BCUT2D eigenvalue weighted by Crippen LogP contribution is -2.70. The van der Waals surface area contributed by atoms with E-state index in [-0.39, 0.29) is 11.5 Å². The lowest BCUT2D eigenvalue weighted by Gasteiger charge is -2.62. The van der Waals surface area contributed by atoms with Crippen LogP contribution >= 0.6 is 11.6 Å². The Morgan fingerprint density at radius 1 is 1.41 bits per heavy atom. The summed E-state index contributed by atoms with van der Waals surface area (Å²) < 4.78 is 0. The van der Waals surface area contributed by atoms with Gasteiger partial charge in [0.2, 0.25) is 0 Å². The summed E-state index contributed by atoms with van der Waals surface area (Å²) in [5.41, 5.74) is 0.572. The fraction of sp³-hybridized carbons (Fsp3) is 0.529. The monoisotopic (exact) mass is 317 g/mol. The maximum Gasteiger partial charge on any atom is 0.163 e. The van der Waals surface area contributed by atoms with Crippen LogP contribution in [0, 0.1) is 11.3 Å². The molecule has 1 saturated heterocycles. The van der Waals surface area contributed by atoms with Crippen LogP contribution in [-0.2, 0) is 0 Å². The Morgan fingerprint density at radius 2 is 2.23 bits per heavy atom. The van der Waals surface area contributed by atoms with E-state index in [2.05, 4.69) is 23.7 Å². The van der Waals surface area contributed by atoms with Gasteiger partial charge in [-0.25, -0.2) is 9.97 Å². The van der Waals surface area contributed by atoms with Crippen molar-refractivity contribution in [2.24, 2.45) is 11.3 Å². The minimum absolute atomic E-state index is 0.113. The Balaban J connectivity index is 1.78. The molecule has 22 heavy (non-hydrogen) atoms. The van der Waals surface area contributed by atoms with Gasteiger partial charge in [0.15, 0.2) is 5.65 Å². The summed E-state index contributed by atoms with van der Waals surface area (Å²) in [6, 6.07) is 6.07. The minimum Gasteiger partial charge on any atom is -0.392 e. The summed E-state index contributed by atoms with van der Waals surface area (Å²) in [6.45, 7) is 5.23. The van der Waals surface area contributed by atoms with Gasteiger partial charge in [-0.2, -0.15) is 0 Å². The molecule has 2 aromatic heterocycles. The Bertz CT molecular complexity index is 733. The van der Waals surface area contributed by atoms with Crippen molar-refractivity contribution in [3.05, 3.63) is 29.4 Å². The van der Waals surface area contributed by atoms with Crippen LogP contribution in [0.2, 0.25) is 5.02 Å². The summed E-state index contributed by atoms with van der Waals surface area (Å²) in [7, 11) is 0. The predicted molar refractivity (Wildman–Crippen MR) is 88.2 cm³/mol. The molecule has 1 aliphatic carbocycles. The van der Waals surface area contributed by atoms with Gasteiger partial charge in [-0.1, -0.05) is 25.4 Å². The number of hydrogen-bond donors (Lipinski definition) is 1. The van der Waals surface area contributed by atoms with Crippen molar-refractivity contribution in [2.75, 3.05) is 11.4 Å². The smallest absolute Gasteiger partial charge is 0.163 e. The number of hydrogen-bond acceptors (Lipinski definition) is 4. The fourth-order valence-electron chi connectivity index (χ4n) is 4.33. The molecule has 1 N–H and O–H groups in total. The molecule has 4 nitrogen and oxygen atoms in total. The third-order valence-electron chi connectivity index (χ3n) is 5.42. The van der Waals surface area contributed by atoms with Crippen LogP contribution < -0.4 is 4.90 Å². The van der Waals surface area contributed by atoms with Crippen molar-refractivity contribution in [3.63, 3.8) is 0 Å². The van der Waals surface area contributed by atoms with Gasteiger partial charge < -0.3 is 10.0 Å². The average Bonchev–Trinajstić information content (AvgIpc) is 2.53. The maximum absolute atomic E-state index is 10.4. The number of piperidine rings is 1. The highest BCUT2D eigenvalue weighted by Gasteiger charge is 2.59. The Hall–Kier alpha value is -1.39. The van der Waals surface area contributed by atoms with Crippen LogP contribution in [0.15, 0.2) is 24.4 Å².